The van der Waals surface area contributed by atoms with Gasteiger partial charge in [0.05, 0.1) is 0 Å². The number of likely N-dealkylation sites (N-methyl/N-ethyl adjacent to an activating group) is 1. The maximum absolute atomic E-state index is 12.0. The van der Waals surface area contributed by atoms with E-state index >= 15 is 0 Å². The fraction of sp³-hybridized carbons (Fsp3) is 0.923. The first-order valence-electron chi connectivity index (χ1n) is 6.31. The van der Waals surface area contributed by atoms with E-state index in [1.807, 2.05) is 18.9 Å². The number of rotatable bonds is 6. The van der Waals surface area contributed by atoms with Gasteiger partial charge in [-0.25, -0.2) is 0 Å². The Labute approximate surface area is 99.1 Å². The van der Waals surface area contributed by atoms with Crippen molar-refractivity contribution in [2.45, 2.75) is 52.7 Å². The van der Waals surface area contributed by atoms with Gasteiger partial charge in [-0.1, -0.05) is 13.8 Å². The molecule has 16 heavy (non-hydrogen) atoms. The molecule has 0 aromatic heterocycles. The second-order valence-electron chi connectivity index (χ2n) is 5.40. The molecule has 3 heteroatoms. The van der Waals surface area contributed by atoms with Crippen LogP contribution in [0.5, 0.6) is 0 Å². The first-order valence-corrected chi connectivity index (χ1v) is 6.31. The van der Waals surface area contributed by atoms with Crippen LogP contribution in [0.2, 0.25) is 0 Å². The van der Waals surface area contributed by atoms with Crippen molar-refractivity contribution in [3.8, 4) is 0 Å². The Kier molecular flexibility index (Phi) is 4.78. The van der Waals surface area contributed by atoms with Gasteiger partial charge in [0.2, 0.25) is 0 Å². The van der Waals surface area contributed by atoms with Crippen LogP contribution in [0.4, 0.5) is 0 Å². The average molecular weight is 227 g/mol. The number of amides is 1. The molecule has 1 amide bonds. The Morgan fingerprint density at radius 2 is 1.88 bits per heavy atom. The second-order valence-corrected chi connectivity index (χ2v) is 5.40. The molecule has 94 valence electrons. The summed E-state index contributed by atoms with van der Waals surface area (Å²) in [4.78, 5) is 13.9. The van der Waals surface area contributed by atoms with Gasteiger partial charge in [-0.3, -0.25) is 4.79 Å². The molecule has 1 fully saturated rings. The normalized spacial score (nSPS) is 19.6. The van der Waals surface area contributed by atoms with Crippen LogP contribution in [0, 0.1) is 11.8 Å². The zero-order valence-electron chi connectivity index (χ0n) is 11.2. The number of hydrogen-bond acceptors (Lipinski definition) is 2. The molecule has 0 aromatic rings. The Balaban J connectivity index is 2.36. The van der Waals surface area contributed by atoms with Crippen molar-refractivity contribution in [1.29, 1.82) is 0 Å². The van der Waals surface area contributed by atoms with Crippen molar-refractivity contribution < 1.29 is 9.53 Å². The van der Waals surface area contributed by atoms with Gasteiger partial charge in [-0.05, 0) is 38.5 Å². The Morgan fingerprint density at radius 3 is 2.31 bits per heavy atom. The lowest BCUT2D eigenvalue weighted by molar-refractivity contribution is -0.144. The van der Waals surface area contributed by atoms with E-state index in [9.17, 15) is 4.79 Å². The van der Waals surface area contributed by atoms with E-state index < -0.39 is 0 Å². The molecule has 0 N–H and O–H groups in total. The second kappa shape index (κ2) is 5.67. The molecular formula is C13H25NO2. The highest BCUT2D eigenvalue weighted by atomic mass is 16.5. The van der Waals surface area contributed by atoms with E-state index in [4.69, 9.17) is 4.74 Å². The van der Waals surface area contributed by atoms with Crippen LogP contribution in [0.1, 0.15) is 40.5 Å². The maximum atomic E-state index is 12.0. The van der Waals surface area contributed by atoms with E-state index in [1.54, 1.807) is 0 Å². The largest absolute Gasteiger partial charge is 0.368 e. The summed E-state index contributed by atoms with van der Waals surface area (Å²) >= 11 is 0. The van der Waals surface area contributed by atoms with Crippen molar-refractivity contribution in [3.05, 3.63) is 0 Å². The topological polar surface area (TPSA) is 29.5 Å². The third kappa shape index (κ3) is 3.78. The minimum atomic E-state index is -0.311. The summed E-state index contributed by atoms with van der Waals surface area (Å²) in [6.45, 7) is 8.81. The highest BCUT2D eigenvalue weighted by molar-refractivity contribution is 5.80. The molecule has 0 heterocycles. The van der Waals surface area contributed by atoms with Gasteiger partial charge in [0.1, 0.15) is 6.10 Å². The lowest BCUT2D eigenvalue weighted by Gasteiger charge is -2.28. The van der Waals surface area contributed by atoms with Gasteiger partial charge >= 0.3 is 0 Å². The van der Waals surface area contributed by atoms with E-state index in [0.717, 1.165) is 0 Å². The van der Waals surface area contributed by atoms with Crippen LogP contribution in [0.25, 0.3) is 0 Å². The number of carbonyl (C=O) groups is 1. The summed E-state index contributed by atoms with van der Waals surface area (Å²) in [5, 5.41) is 0. The van der Waals surface area contributed by atoms with Crippen molar-refractivity contribution in [1.82, 2.24) is 4.90 Å². The van der Waals surface area contributed by atoms with Crippen LogP contribution in [0.3, 0.4) is 0 Å². The third-order valence-electron chi connectivity index (χ3n) is 3.29. The highest BCUT2D eigenvalue weighted by Gasteiger charge is 2.33. The summed E-state index contributed by atoms with van der Waals surface area (Å²) in [5.41, 5.74) is 0. The lowest BCUT2D eigenvalue weighted by Crippen LogP contribution is -2.42. The molecule has 0 bridgehead atoms. The van der Waals surface area contributed by atoms with Crippen LogP contribution in [-0.4, -0.2) is 36.6 Å². The zero-order valence-corrected chi connectivity index (χ0v) is 11.2. The molecule has 0 radical (unpaired) electrons. The van der Waals surface area contributed by atoms with Crippen LogP contribution >= 0.6 is 0 Å². The quantitative estimate of drug-likeness (QED) is 0.697. The smallest absolute Gasteiger partial charge is 0.251 e. The SMILES string of the molecule is CC(C)CO[C@@H](C)C(=O)N(C)[C@H](C)C1CC1. The van der Waals surface area contributed by atoms with Gasteiger partial charge in [0.25, 0.3) is 5.91 Å². The molecule has 1 rings (SSSR count). The summed E-state index contributed by atoms with van der Waals surface area (Å²) in [5.74, 6) is 1.30. The zero-order chi connectivity index (χ0) is 12.3. The van der Waals surface area contributed by atoms with Crippen molar-refractivity contribution >= 4 is 5.91 Å². The minimum Gasteiger partial charge on any atom is -0.368 e. The van der Waals surface area contributed by atoms with Gasteiger partial charge in [0, 0.05) is 19.7 Å². The predicted molar refractivity (Wildman–Crippen MR) is 65.2 cm³/mol. The number of carbonyl (C=O) groups excluding carboxylic acids is 1. The summed E-state index contributed by atoms with van der Waals surface area (Å²) < 4.78 is 5.55. The molecule has 1 aliphatic rings. The molecule has 0 unspecified atom stereocenters. The molecular weight excluding hydrogens is 202 g/mol. The molecule has 0 saturated heterocycles. The van der Waals surface area contributed by atoms with Crippen LogP contribution in [-0.2, 0) is 9.53 Å². The predicted octanol–water partition coefficient (Wildman–Crippen LogP) is 2.30. The molecule has 0 spiro atoms. The van der Waals surface area contributed by atoms with E-state index in [1.165, 1.54) is 12.8 Å². The molecule has 1 saturated carbocycles. The molecule has 3 nitrogen and oxygen atoms in total. The first-order chi connectivity index (χ1) is 7.43. The highest BCUT2D eigenvalue weighted by Crippen LogP contribution is 2.34. The lowest BCUT2D eigenvalue weighted by atomic mass is 10.2. The standard InChI is InChI=1S/C13H25NO2/c1-9(2)8-16-11(4)13(15)14(5)10(3)12-6-7-12/h9-12H,6-8H2,1-5H3/t10-,11+/m1/s1. The molecule has 0 aliphatic heterocycles. The fourth-order valence-electron chi connectivity index (χ4n) is 1.79. The van der Waals surface area contributed by atoms with Crippen molar-refractivity contribution in [2.75, 3.05) is 13.7 Å². The number of ether oxygens (including phenoxy) is 1. The van der Waals surface area contributed by atoms with Gasteiger partial charge in [-0.15, -0.1) is 0 Å². The minimum absolute atomic E-state index is 0.111. The monoisotopic (exact) mass is 227 g/mol. The van der Waals surface area contributed by atoms with Crippen LogP contribution in [0.15, 0.2) is 0 Å². The Bertz CT molecular complexity index is 236. The van der Waals surface area contributed by atoms with Gasteiger partial charge in [-0.2, -0.15) is 0 Å². The number of nitrogens with zero attached hydrogens (tertiary/aromatic N) is 1. The Morgan fingerprint density at radius 1 is 1.31 bits per heavy atom. The number of hydrogen-bond donors (Lipinski definition) is 0. The Hall–Kier alpha value is -0.570. The summed E-state index contributed by atoms with van der Waals surface area (Å²) in [6, 6.07) is 0.359. The van der Waals surface area contributed by atoms with Crippen molar-refractivity contribution in [3.63, 3.8) is 0 Å². The first kappa shape index (κ1) is 13.5. The van der Waals surface area contributed by atoms with Gasteiger partial charge in [0.15, 0.2) is 0 Å². The molecule has 0 aromatic carbocycles. The maximum Gasteiger partial charge on any atom is 0.251 e. The molecule has 1 aliphatic carbocycles. The van der Waals surface area contributed by atoms with Crippen LogP contribution < -0.4 is 0 Å². The van der Waals surface area contributed by atoms with Gasteiger partial charge < -0.3 is 9.64 Å². The average Bonchev–Trinajstić information content (AvgIpc) is 3.06. The summed E-state index contributed by atoms with van der Waals surface area (Å²) in [7, 11) is 1.89. The summed E-state index contributed by atoms with van der Waals surface area (Å²) in [6.07, 6.45) is 2.22. The van der Waals surface area contributed by atoms with E-state index in [0.29, 0.717) is 24.5 Å². The van der Waals surface area contributed by atoms with E-state index in [-0.39, 0.29) is 12.0 Å². The third-order valence-corrected chi connectivity index (χ3v) is 3.29. The van der Waals surface area contributed by atoms with Crippen molar-refractivity contribution in [2.24, 2.45) is 11.8 Å². The molecule has 2 atom stereocenters. The fourth-order valence-corrected chi connectivity index (χ4v) is 1.79. The van der Waals surface area contributed by atoms with E-state index in [2.05, 4.69) is 20.8 Å².